The van der Waals surface area contributed by atoms with E-state index in [2.05, 4.69) is 15.6 Å². The fraction of sp³-hybridized carbons (Fsp3) is 0.588. The average molecular weight is 499 g/mol. The molecule has 0 aliphatic rings. The fourth-order valence-corrected chi connectivity index (χ4v) is 2.72. The van der Waals surface area contributed by atoms with Crippen LogP contribution < -0.4 is 20.1 Å². The van der Waals surface area contributed by atoms with Crippen LogP contribution in [0, 0.1) is 0 Å². The summed E-state index contributed by atoms with van der Waals surface area (Å²) in [5.74, 6) is 2.29. The van der Waals surface area contributed by atoms with Crippen LogP contribution in [0.1, 0.15) is 20.3 Å². The van der Waals surface area contributed by atoms with Gasteiger partial charge in [0, 0.05) is 25.4 Å². The normalized spacial score (nSPS) is 12.7. The maximum Gasteiger partial charge on any atom is 0.191 e. The van der Waals surface area contributed by atoms with Gasteiger partial charge in [-0.3, -0.25) is 0 Å². The van der Waals surface area contributed by atoms with Gasteiger partial charge in [-0.1, -0.05) is 6.07 Å². The lowest BCUT2D eigenvalue weighted by atomic mass is 10.3. The maximum atomic E-state index is 11.1. The van der Waals surface area contributed by atoms with Crippen LogP contribution in [0.2, 0.25) is 0 Å². The van der Waals surface area contributed by atoms with Crippen molar-refractivity contribution in [2.24, 2.45) is 4.99 Å². The van der Waals surface area contributed by atoms with Crippen LogP contribution in [-0.2, 0) is 9.84 Å². The molecule has 0 spiro atoms. The molecule has 1 aromatic rings. The number of nitrogens with one attached hydrogen (secondary N) is 2. The van der Waals surface area contributed by atoms with E-state index in [9.17, 15) is 8.42 Å². The minimum atomic E-state index is -2.93. The van der Waals surface area contributed by atoms with Gasteiger partial charge < -0.3 is 20.1 Å². The monoisotopic (exact) mass is 499 g/mol. The average Bonchev–Trinajstić information content (AvgIpc) is 2.55. The summed E-state index contributed by atoms with van der Waals surface area (Å²) < 4.78 is 33.3. The summed E-state index contributed by atoms with van der Waals surface area (Å²) in [6, 6.07) is 7.43. The van der Waals surface area contributed by atoms with Crippen molar-refractivity contribution in [3.63, 3.8) is 0 Å². The molecule has 0 aliphatic heterocycles. The second-order valence-electron chi connectivity index (χ2n) is 5.74. The zero-order chi connectivity index (χ0) is 18.7. The largest absolute Gasteiger partial charge is 0.497 e. The molecule has 0 heterocycles. The predicted octanol–water partition coefficient (Wildman–Crippen LogP) is 2.07. The van der Waals surface area contributed by atoms with E-state index in [1.54, 1.807) is 7.11 Å². The highest BCUT2D eigenvalue weighted by molar-refractivity contribution is 14.0. The van der Waals surface area contributed by atoms with E-state index in [0.29, 0.717) is 25.5 Å². The Bertz CT molecular complexity index is 653. The lowest BCUT2D eigenvalue weighted by Crippen LogP contribution is -2.39. The Hall–Kier alpha value is -1.23. The topological polar surface area (TPSA) is 89.0 Å². The molecule has 0 saturated heterocycles. The predicted molar refractivity (Wildman–Crippen MR) is 117 cm³/mol. The van der Waals surface area contributed by atoms with Gasteiger partial charge in [0.2, 0.25) is 0 Å². The van der Waals surface area contributed by atoms with E-state index in [1.807, 2.05) is 38.1 Å². The minimum Gasteiger partial charge on any atom is -0.497 e. The van der Waals surface area contributed by atoms with Crippen molar-refractivity contribution in [2.45, 2.75) is 26.4 Å². The molecule has 0 aliphatic carbocycles. The number of halogens is 1. The summed E-state index contributed by atoms with van der Waals surface area (Å²) in [6.45, 7) is 5.66. The molecule has 9 heteroatoms. The lowest BCUT2D eigenvalue weighted by Gasteiger charge is -2.15. The number of ether oxygens (including phenoxy) is 2. The fourth-order valence-electron chi connectivity index (χ4n) is 2.05. The van der Waals surface area contributed by atoms with Crippen LogP contribution in [0.3, 0.4) is 0 Å². The SMILES string of the molecule is CCNC(=NCC(C)Oc1cccc(OC)c1)NCCCS(C)(=O)=O.I. The number of rotatable bonds is 10. The smallest absolute Gasteiger partial charge is 0.191 e. The molecule has 2 N–H and O–H groups in total. The number of guanidine groups is 1. The number of methoxy groups -OCH3 is 1. The van der Waals surface area contributed by atoms with E-state index in [4.69, 9.17) is 9.47 Å². The first-order valence-electron chi connectivity index (χ1n) is 8.34. The number of aliphatic imine (C=N–C) groups is 1. The van der Waals surface area contributed by atoms with Crippen LogP contribution in [-0.4, -0.2) is 59.2 Å². The molecular weight excluding hydrogens is 469 g/mol. The second-order valence-corrected chi connectivity index (χ2v) is 8.00. The Morgan fingerprint density at radius 2 is 1.96 bits per heavy atom. The third-order valence-electron chi connectivity index (χ3n) is 3.21. The van der Waals surface area contributed by atoms with E-state index >= 15 is 0 Å². The van der Waals surface area contributed by atoms with Gasteiger partial charge in [0.05, 0.1) is 19.4 Å². The summed E-state index contributed by atoms with van der Waals surface area (Å²) in [7, 11) is -1.31. The second kappa shape index (κ2) is 13.0. The van der Waals surface area contributed by atoms with E-state index in [1.165, 1.54) is 6.26 Å². The first-order chi connectivity index (χ1) is 11.8. The Kier molecular flexibility index (Phi) is 12.4. The molecule has 1 rings (SSSR count). The van der Waals surface area contributed by atoms with Crippen LogP contribution >= 0.6 is 24.0 Å². The number of hydrogen-bond acceptors (Lipinski definition) is 5. The van der Waals surface area contributed by atoms with E-state index in [-0.39, 0.29) is 35.8 Å². The summed E-state index contributed by atoms with van der Waals surface area (Å²) in [5, 5.41) is 6.26. The van der Waals surface area contributed by atoms with Crippen LogP contribution in [0.5, 0.6) is 11.5 Å². The first-order valence-corrected chi connectivity index (χ1v) is 10.4. The van der Waals surface area contributed by atoms with Crippen LogP contribution in [0.4, 0.5) is 0 Å². The van der Waals surface area contributed by atoms with Gasteiger partial charge in [-0.2, -0.15) is 0 Å². The van der Waals surface area contributed by atoms with Gasteiger partial charge in [0.15, 0.2) is 5.96 Å². The maximum absolute atomic E-state index is 11.1. The Morgan fingerprint density at radius 3 is 2.58 bits per heavy atom. The molecule has 150 valence electrons. The molecule has 1 aromatic carbocycles. The van der Waals surface area contributed by atoms with Gasteiger partial charge >= 0.3 is 0 Å². The molecule has 0 fully saturated rings. The molecule has 1 unspecified atom stereocenters. The molecule has 7 nitrogen and oxygen atoms in total. The van der Waals surface area contributed by atoms with Crippen molar-refractivity contribution in [2.75, 3.05) is 38.8 Å². The highest BCUT2D eigenvalue weighted by Crippen LogP contribution is 2.19. The number of hydrogen-bond donors (Lipinski definition) is 2. The highest BCUT2D eigenvalue weighted by atomic mass is 127. The van der Waals surface area contributed by atoms with Crippen molar-refractivity contribution < 1.29 is 17.9 Å². The third kappa shape index (κ3) is 11.4. The van der Waals surface area contributed by atoms with Crippen molar-refractivity contribution >= 4 is 39.8 Å². The molecule has 0 aromatic heterocycles. The van der Waals surface area contributed by atoms with Crippen molar-refractivity contribution in [1.82, 2.24) is 10.6 Å². The molecular formula is C17H30IN3O4S. The number of nitrogens with zero attached hydrogens (tertiary/aromatic N) is 1. The summed E-state index contributed by atoms with van der Waals surface area (Å²) in [4.78, 5) is 4.47. The molecule has 0 amide bonds. The highest BCUT2D eigenvalue weighted by Gasteiger charge is 2.06. The summed E-state index contributed by atoms with van der Waals surface area (Å²) >= 11 is 0. The zero-order valence-corrected chi connectivity index (χ0v) is 19.0. The van der Waals surface area contributed by atoms with E-state index in [0.717, 1.165) is 18.0 Å². The van der Waals surface area contributed by atoms with Gasteiger partial charge in [0.1, 0.15) is 27.4 Å². The van der Waals surface area contributed by atoms with Gasteiger partial charge in [-0.05, 0) is 32.4 Å². The first kappa shape index (κ1) is 24.8. The van der Waals surface area contributed by atoms with Crippen molar-refractivity contribution in [3.8, 4) is 11.5 Å². The Balaban J connectivity index is 0.00000625. The third-order valence-corrected chi connectivity index (χ3v) is 4.24. The summed E-state index contributed by atoms with van der Waals surface area (Å²) in [6.07, 6.45) is 1.67. The Morgan fingerprint density at radius 1 is 1.27 bits per heavy atom. The molecule has 0 bridgehead atoms. The summed E-state index contributed by atoms with van der Waals surface area (Å²) in [5.41, 5.74) is 0. The number of benzene rings is 1. The zero-order valence-electron chi connectivity index (χ0n) is 15.8. The van der Waals surface area contributed by atoms with Gasteiger partial charge in [-0.25, -0.2) is 13.4 Å². The standard InChI is InChI=1S/C17H29N3O4S.HI/c1-5-18-17(19-10-7-11-25(4,21)22)20-13-14(2)24-16-9-6-8-15(12-16)23-3;/h6,8-9,12,14H,5,7,10-11,13H2,1-4H3,(H2,18,19,20);1H. The van der Waals surface area contributed by atoms with Crippen LogP contribution in [0.25, 0.3) is 0 Å². The number of sulfone groups is 1. The lowest BCUT2D eigenvalue weighted by molar-refractivity contribution is 0.229. The molecule has 1 atom stereocenters. The van der Waals surface area contributed by atoms with Crippen LogP contribution in [0.15, 0.2) is 29.3 Å². The molecule has 0 radical (unpaired) electrons. The van der Waals surface area contributed by atoms with Crippen molar-refractivity contribution in [3.05, 3.63) is 24.3 Å². The molecule has 26 heavy (non-hydrogen) atoms. The van der Waals surface area contributed by atoms with E-state index < -0.39 is 9.84 Å². The van der Waals surface area contributed by atoms with Crippen molar-refractivity contribution in [1.29, 1.82) is 0 Å². The Labute approximate surface area is 173 Å². The van der Waals surface area contributed by atoms with Gasteiger partial charge in [-0.15, -0.1) is 24.0 Å². The minimum absolute atomic E-state index is 0. The van der Waals surface area contributed by atoms with Gasteiger partial charge in [0.25, 0.3) is 0 Å². The molecule has 0 saturated carbocycles. The quantitative estimate of drug-likeness (QED) is 0.222.